The maximum atomic E-state index is 12.7. The number of aromatic nitrogens is 3. The summed E-state index contributed by atoms with van der Waals surface area (Å²) in [6.45, 7) is 3.82. The summed E-state index contributed by atoms with van der Waals surface area (Å²) in [7, 11) is 1.24. The first kappa shape index (κ1) is 19.0. The van der Waals surface area contributed by atoms with Crippen LogP contribution in [0.1, 0.15) is 26.5 Å². The number of hydrogen-bond donors (Lipinski definition) is 1. The van der Waals surface area contributed by atoms with Gasteiger partial charge in [-0.05, 0) is 18.2 Å². The Morgan fingerprint density at radius 1 is 1.28 bits per heavy atom. The summed E-state index contributed by atoms with van der Waals surface area (Å²) in [6.07, 6.45) is 4.61. The molecule has 0 fully saturated rings. The summed E-state index contributed by atoms with van der Waals surface area (Å²) in [5, 5.41) is 7.50. The summed E-state index contributed by atoms with van der Waals surface area (Å²) in [6, 6.07) is 4.65. The summed E-state index contributed by atoms with van der Waals surface area (Å²) in [4.78, 5) is 28.8. The van der Waals surface area contributed by atoms with Crippen LogP contribution in [0.15, 0.2) is 47.8 Å². The quantitative estimate of drug-likeness (QED) is 0.491. The van der Waals surface area contributed by atoms with Gasteiger partial charge in [-0.1, -0.05) is 29.8 Å². The first-order valence-corrected chi connectivity index (χ1v) is 8.95. The number of nitrogens with one attached hydrogen (secondary N) is 1. The zero-order valence-corrected chi connectivity index (χ0v) is 16.4. The van der Waals surface area contributed by atoms with E-state index >= 15 is 0 Å². The molecule has 29 heavy (non-hydrogen) atoms. The van der Waals surface area contributed by atoms with Gasteiger partial charge in [0.2, 0.25) is 0 Å². The number of esters is 1. The van der Waals surface area contributed by atoms with Crippen molar-refractivity contribution in [1.82, 2.24) is 19.9 Å². The van der Waals surface area contributed by atoms with Gasteiger partial charge in [0, 0.05) is 22.8 Å². The SMILES string of the molecule is C=C(NC(=O)c1cnn2cccnc12)c1oc2c(C(=O)OC)cc(Cl)cc2c1Cl. The third-order valence-corrected chi connectivity index (χ3v) is 4.75. The molecule has 4 aromatic rings. The molecule has 0 aliphatic carbocycles. The number of halogens is 2. The topological polar surface area (TPSA) is 98.7 Å². The van der Waals surface area contributed by atoms with Gasteiger partial charge >= 0.3 is 5.97 Å². The summed E-state index contributed by atoms with van der Waals surface area (Å²) >= 11 is 12.5. The molecule has 0 radical (unpaired) electrons. The molecular formula is C19H12Cl2N4O4. The van der Waals surface area contributed by atoms with Crippen LogP contribution in [0.25, 0.3) is 22.3 Å². The Balaban J connectivity index is 1.71. The number of furan rings is 1. The van der Waals surface area contributed by atoms with Crippen LogP contribution in [0.2, 0.25) is 10.0 Å². The van der Waals surface area contributed by atoms with Crippen molar-refractivity contribution in [2.24, 2.45) is 0 Å². The molecule has 3 heterocycles. The molecule has 3 aromatic heterocycles. The molecule has 146 valence electrons. The maximum Gasteiger partial charge on any atom is 0.341 e. The Labute approximate surface area is 173 Å². The van der Waals surface area contributed by atoms with E-state index in [1.54, 1.807) is 24.5 Å². The number of ether oxygens (including phenoxy) is 1. The minimum atomic E-state index is -0.637. The summed E-state index contributed by atoms with van der Waals surface area (Å²) in [5.41, 5.74) is 1.01. The molecule has 0 atom stereocenters. The van der Waals surface area contributed by atoms with Crippen molar-refractivity contribution in [1.29, 1.82) is 0 Å². The molecular weight excluding hydrogens is 419 g/mol. The molecule has 8 nitrogen and oxygen atoms in total. The van der Waals surface area contributed by atoms with Crippen LogP contribution in [-0.2, 0) is 4.74 Å². The number of hydrogen-bond acceptors (Lipinski definition) is 6. The van der Waals surface area contributed by atoms with Gasteiger partial charge in [-0.3, -0.25) is 4.79 Å². The predicted octanol–water partition coefficient (Wildman–Crippen LogP) is 3.97. The molecule has 4 rings (SSSR count). The Kier molecular flexibility index (Phi) is 4.73. The minimum absolute atomic E-state index is 0.0897. The largest absolute Gasteiger partial charge is 0.465 e. The number of nitrogens with zero attached hydrogens (tertiary/aromatic N) is 3. The summed E-state index contributed by atoms with van der Waals surface area (Å²) < 4.78 is 12.0. The van der Waals surface area contributed by atoms with E-state index in [2.05, 4.69) is 22.0 Å². The van der Waals surface area contributed by atoms with Crippen LogP contribution >= 0.6 is 23.2 Å². The zero-order chi connectivity index (χ0) is 20.7. The lowest BCUT2D eigenvalue weighted by Gasteiger charge is -2.05. The molecule has 0 bridgehead atoms. The number of methoxy groups -OCH3 is 1. The third kappa shape index (κ3) is 3.22. The van der Waals surface area contributed by atoms with E-state index in [4.69, 9.17) is 32.4 Å². The van der Waals surface area contributed by atoms with Crippen LogP contribution < -0.4 is 5.32 Å². The fourth-order valence-electron chi connectivity index (χ4n) is 2.84. The van der Waals surface area contributed by atoms with Gasteiger partial charge in [0.05, 0.1) is 24.0 Å². The molecule has 0 spiro atoms. The fraction of sp³-hybridized carbons (Fsp3) is 0.0526. The van der Waals surface area contributed by atoms with Crippen molar-refractivity contribution in [3.8, 4) is 0 Å². The lowest BCUT2D eigenvalue weighted by atomic mass is 10.1. The van der Waals surface area contributed by atoms with E-state index in [0.29, 0.717) is 11.0 Å². The molecule has 0 saturated heterocycles. The number of carbonyl (C=O) groups excluding carboxylic acids is 2. The van der Waals surface area contributed by atoms with E-state index in [9.17, 15) is 9.59 Å². The summed E-state index contributed by atoms with van der Waals surface area (Å²) in [5.74, 6) is -1.04. The van der Waals surface area contributed by atoms with Crippen molar-refractivity contribution in [3.05, 3.63) is 70.3 Å². The second kappa shape index (κ2) is 7.23. The minimum Gasteiger partial charge on any atom is -0.465 e. The molecule has 0 unspecified atom stereocenters. The highest BCUT2D eigenvalue weighted by atomic mass is 35.5. The normalized spacial score (nSPS) is 11.0. The Morgan fingerprint density at radius 3 is 2.83 bits per heavy atom. The number of fused-ring (bicyclic) bond motifs is 2. The van der Waals surface area contributed by atoms with Crippen LogP contribution in [-0.4, -0.2) is 33.6 Å². The van der Waals surface area contributed by atoms with Crippen LogP contribution in [0.5, 0.6) is 0 Å². The molecule has 1 amide bonds. The average Bonchev–Trinajstić information content (AvgIpc) is 3.28. The van der Waals surface area contributed by atoms with Crippen LogP contribution in [0, 0.1) is 0 Å². The van der Waals surface area contributed by atoms with Crippen molar-refractivity contribution >= 4 is 57.4 Å². The highest BCUT2D eigenvalue weighted by Crippen LogP contribution is 2.37. The van der Waals surface area contributed by atoms with Crippen molar-refractivity contribution in [2.45, 2.75) is 0 Å². The third-order valence-electron chi connectivity index (χ3n) is 4.16. The molecule has 10 heteroatoms. The van der Waals surface area contributed by atoms with E-state index in [0.717, 1.165) is 0 Å². The number of carbonyl (C=O) groups is 2. The first-order valence-electron chi connectivity index (χ1n) is 8.19. The van der Waals surface area contributed by atoms with Crippen molar-refractivity contribution in [3.63, 3.8) is 0 Å². The highest BCUT2D eigenvalue weighted by molar-refractivity contribution is 6.39. The van der Waals surface area contributed by atoms with Gasteiger partial charge in [-0.25, -0.2) is 14.3 Å². The lowest BCUT2D eigenvalue weighted by molar-refractivity contribution is 0.0601. The molecule has 0 aliphatic rings. The average molecular weight is 431 g/mol. The van der Waals surface area contributed by atoms with E-state index < -0.39 is 11.9 Å². The smallest absolute Gasteiger partial charge is 0.341 e. The maximum absolute atomic E-state index is 12.7. The van der Waals surface area contributed by atoms with Gasteiger partial charge < -0.3 is 14.5 Å². The molecule has 0 saturated carbocycles. The van der Waals surface area contributed by atoms with Crippen molar-refractivity contribution in [2.75, 3.05) is 7.11 Å². The van der Waals surface area contributed by atoms with Gasteiger partial charge in [0.1, 0.15) is 11.1 Å². The van der Waals surface area contributed by atoms with Crippen LogP contribution in [0.4, 0.5) is 0 Å². The monoisotopic (exact) mass is 430 g/mol. The Hall–Kier alpha value is -3.36. The standard InChI is InChI=1S/C19H12Cl2N4O4/c1-9(24-18(26)13-8-23-25-5-3-4-22-17(13)25)15-14(21)11-6-10(20)7-12(16(11)29-15)19(27)28-2/h3-8H,1H2,2H3,(H,24,26). The van der Waals surface area contributed by atoms with Gasteiger partial charge in [-0.15, -0.1) is 0 Å². The lowest BCUT2D eigenvalue weighted by Crippen LogP contribution is -2.21. The molecule has 1 N–H and O–H groups in total. The highest BCUT2D eigenvalue weighted by Gasteiger charge is 2.23. The van der Waals surface area contributed by atoms with Gasteiger partial charge in [0.25, 0.3) is 5.91 Å². The van der Waals surface area contributed by atoms with Crippen LogP contribution in [0.3, 0.4) is 0 Å². The molecule has 1 aromatic carbocycles. The fourth-order valence-corrected chi connectivity index (χ4v) is 3.35. The predicted molar refractivity (Wildman–Crippen MR) is 107 cm³/mol. The zero-order valence-electron chi connectivity index (χ0n) is 14.9. The molecule has 0 aliphatic heterocycles. The second-order valence-corrected chi connectivity index (χ2v) is 6.76. The second-order valence-electron chi connectivity index (χ2n) is 5.95. The number of benzene rings is 1. The Bertz CT molecular complexity index is 1310. The van der Waals surface area contributed by atoms with E-state index in [-0.39, 0.29) is 38.2 Å². The van der Waals surface area contributed by atoms with Crippen molar-refractivity contribution < 1.29 is 18.7 Å². The van der Waals surface area contributed by atoms with Gasteiger partial charge in [0.15, 0.2) is 17.0 Å². The van der Waals surface area contributed by atoms with Gasteiger partial charge in [-0.2, -0.15) is 5.10 Å². The Morgan fingerprint density at radius 2 is 2.07 bits per heavy atom. The number of amides is 1. The van der Waals surface area contributed by atoms with E-state index in [1.807, 2.05) is 0 Å². The number of rotatable bonds is 4. The first-order chi connectivity index (χ1) is 13.9. The van der Waals surface area contributed by atoms with E-state index in [1.165, 1.54) is 23.9 Å².